The number of nitrogens with zero attached hydrogens (tertiary/aromatic N) is 3. The van der Waals surface area contributed by atoms with Crippen molar-refractivity contribution in [2.75, 3.05) is 0 Å². The van der Waals surface area contributed by atoms with Crippen molar-refractivity contribution in [3.63, 3.8) is 0 Å². The van der Waals surface area contributed by atoms with E-state index in [-0.39, 0.29) is 37.6 Å². The molecule has 2 N–H and O–H groups in total. The maximum absolute atomic E-state index is 13.4. The third-order valence-electron chi connectivity index (χ3n) is 5.61. The van der Waals surface area contributed by atoms with Crippen LogP contribution in [0.2, 0.25) is 0 Å². The molecule has 1 fully saturated rings. The second-order valence-electron chi connectivity index (χ2n) is 7.52. The fourth-order valence-corrected chi connectivity index (χ4v) is 3.76. The summed E-state index contributed by atoms with van der Waals surface area (Å²) in [7, 11) is 1.94. The second-order valence-corrected chi connectivity index (χ2v) is 7.52. The number of nitrogens with one attached hydrogen (secondary N) is 2. The second kappa shape index (κ2) is 7.00. The van der Waals surface area contributed by atoms with E-state index in [1.54, 1.807) is 6.20 Å². The third kappa shape index (κ3) is 3.50. The van der Waals surface area contributed by atoms with Gasteiger partial charge in [0.15, 0.2) is 5.71 Å². The molecule has 1 aromatic heterocycles. The monoisotopic (exact) mass is 387 g/mol. The summed E-state index contributed by atoms with van der Waals surface area (Å²) in [6, 6.07) is 5.67. The van der Waals surface area contributed by atoms with Gasteiger partial charge in [-0.15, -0.1) is 0 Å². The predicted octanol–water partition coefficient (Wildman–Crippen LogP) is 2.90. The van der Waals surface area contributed by atoms with Crippen LogP contribution in [0.5, 0.6) is 0 Å². The van der Waals surface area contributed by atoms with Gasteiger partial charge in [-0.05, 0) is 31.4 Å². The van der Waals surface area contributed by atoms with E-state index in [1.165, 1.54) is 0 Å². The average molecular weight is 387 g/mol. The molecule has 1 aliphatic heterocycles. The molecule has 4 rings (SSSR count). The molecular weight excluding hydrogens is 364 g/mol. The van der Waals surface area contributed by atoms with E-state index in [4.69, 9.17) is 0 Å². The Kier molecular flexibility index (Phi) is 4.64. The molecule has 28 heavy (non-hydrogen) atoms. The number of hydrogen-bond donors (Lipinski definition) is 2. The molecule has 1 aliphatic carbocycles. The zero-order valence-electron chi connectivity index (χ0n) is 15.9. The first kappa shape index (κ1) is 18.6. The van der Waals surface area contributed by atoms with Gasteiger partial charge in [-0.2, -0.15) is 5.10 Å². The van der Waals surface area contributed by atoms with Gasteiger partial charge >= 0.3 is 0 Å². The zero-order valence-corrected chi connectivity index (χ0v) is 15.9. The minimum atomic E-state index is -2.62. The lowest BCUT2D eigenvalue weighted by Crippen LogP contribution is -2.44. The number of imidazole rings is 1. The normalized spacial score (nSPS) is 18.8. The summed E-state index contributed by atoms with van der Waals surface area (Å²) >= 11 is 0. The van der Waals surface area contributed by atoms with E-state index >= 15 is 0 Å². The van der Waals surface area contributed by atoms with Crippen molar-refractivity contribution in [1.82, 2.24) is 20.3 Å². The van der Waals surface area contributed by atoms with Gasteiger partial charge in [0.2, 0.25) is 5.92 Å². The van der Waals surface area contributed by atoms with Crippen molar-refractivity contribution in [1.29, 1.82) is 0 Å². The van der Waals surface area contributed by atoms with Crippen molar-refractivity contribution in [2.45, 2.75) is 51.1 Å². The first-order chi connectivity index (χ1) is 13.3. The highest BCUT2D eigenvalue weighted by Gasteiger charge is 2.36. The van der Waals surface area contributed by atoms with Gasteiger partial charge < -0.3 is 15.3 Å². The van der Waals surface area contributed by atoms with Crippen molar-refractivity contribution >= 4 is 11.6 Å². The van der Waals surface area contributed by atoms with Gasteiger partial charge in [0.25, 0.3) is 5.91 Å². The molecule has 1 amide bonds. The van der Waals surface area contributed by atoms with E-state index in [0.717, 1.165) is 28.2 Å². The quantitative estimate of drug-likeness (QED) is 0.851. The van der Waals surface area contributed by atoms with Crippen LogP contribution < -0.4 is 10.7 Å². The molecule has 0 saturated heterocycles. The van der Waals surface area contributed by atoms with Crippen LogP contribution in [0.25, 0.3) is 11.3 Å². The molecule has 0 bridgehead atoms. The Bertz CT molecular complexity index is 940. The molecule has 6 nitrogen and oxygen atoms in total. The Morgan fingerprint density at radius 2 is 2.07 bits per heavy atom. The summed E-state index contributed by atoms with van der Waals surface area (Å²) < 4.78 is 28.7. The van der Waals surface area contributed by atoms with E-state index in [9.17, 15) is 13.6 Å². The summed E-state index contributed by atoms with van der Waals surface area (Å²) in [6.07, 6.45) is 1.98. The predicted molar refractivity (Wildman–Crippen MR) is 102 cm³/mol. The zero-order chi connectivity index (χ0) is 19.9. The Morgan fingerprint density at radius 3 is 2.75 bits per heavy atom. The number of alkyl halides is 2. The first-order valence-corrected chi connectivity index (χ1v) is 9.45. The molecule has 0 atom stereocenters. The number of hydrogen-bond acceptors (Lipinski definition) is 4. The van der Waals surface area contributed by atoms with Crippen molar-refractivity contribution in [2.24, 2.45) is 12.1 Å². The molecule has 2 aromatic rings. The van der Waals surface area contributed by atoms with Gasteiger partial charge in [-0.3, -0.25) is 4.79 Å². The Morgan fingerprint density at radius 1 is 1.32 bits per heavy atom. The number of halogens is 2. The minimum Gasteiger partial charge on any atom is -0.348 e. The summed E-state index contributed by atoms with van der Waals surface area (Å²) in [5.41, 5.74) is 6.80. The number of aromatic nitrogens is 2. The third-order valence-corrected chi connectivity index (χ3v) is 5.61. The van der Waals surface area contributed by atoms with Crippen LogP contribution in [0, 0.1) is 6.92 Å². The van der Waals surface area contributed by atoms with Crippen LogP contribution in [-0.4, -0.2) is 33.1 Å². The standard InChI is InChI=1S/C20H23F2N5O/c1-12-23-11-17(27(12)2)13-3-4-14-10-24-26-18(16(14)9-13)19(28)25-15-5-7-20(21,22)8-6-15/h3-4,9,11,15,24H,5-8,10H2,1-2H3,(H,25,28). The largest absolute Gasteiger partial charge is 0.348 e. The molecule has 0 unspecified atom stereocenters. The summed E-state index contributed by atoms with van der Waals surface area (Å²) in [5.74, 6) is -2.05. The smallest absolute Gasteiger partial charge is 0.272 e. The van der Waals surface area contributed by atoms with Gasteiger partial charge in [-0.1, -0.05) is 12.1 Å². The fraction of sp³-hybridized carbons (Fsp3) is 0.450. The van der Waals surface area contributed by atoms with E-state index in [1.807, 2.05) is 36.7 Å². The van der Waals surface area contributed by atoms with Crippen LogP contribution in [-0.2, 0) is 18.4 Å². The number of aryl methyl sites for hydroxylation is 1. The highest BCUT2D eigenvalue weighted by Crippen LogP contribution is 2.33. The van der Waals surface area contributed by atoms with Crippen LogP contribution in [0.3, 0.4) is 0 Å². The van der Waals surface area contributed by atoms with Crippen molar-refractivity contribution < 1.29 is 13.6 Å². The number of amides is 1. The van der Waals surface area contributed by atoms with Crippen molar-refractivity contribution in [3.8, 4) is 11.3 Å². The molecule has 0 radical (unpaired) electrons. The average Bonchev–Trinajstić information content (AvgIpc) is 3.01. The SMILES string of the molecule is Cc1ncc(-c2ccc3c(c2)C(C(=O)NC2CCC(F)(F)CC2)=NNC3)n1C. The Labute approximate surface area is 162 Å². The molecule has 1 saturated carbocycles. The molecular formula is C20H23F2N5O. The van der Waals surface area contributed by atoms with Crippen LogP contribution in [0.15, 0.2) is 29.5 Å². The van der Waals surface area contributed by atoms with Gasteiger partial charge in [0.05, 0.1) is 18.4 Å². The summed E-state index contributed by atoms with van der Waals surface area (Å²) in [4.78, 5) is 17.1. The fourth-order valence-electron chi connectivity index (χ4n) is 3.76. The number of carbonyl (C=O) groups is 1. The summed E-state index contributed by atoms with van der Waals surface area (Å²) in [6.45, 7) is 2.46. The van der Waals surface area contributed by atoms with Gasteiger partial charge in [0, 0.05) is 37.1 Å². The molecule has 2 heterocycles. The highest BCUT2D eigenvalue weighted by molar-refractivity contribution is 6.46. The van der Waals surface area contributed by atoms with E-state index < -0.39 is 5.92 Å². The lowest BCUT2D eigenvalue weighted by atomic mass is 9.91. The Balaban J connectivity index is 1.57. The topological polar surface area (TPSA) is 71.3 Å². The van der Waals surface area contributed by atoms with Crippen molar-refractivity contribution in [3.05, 3.63) is 41.3 Å². The van der Waals surface area contributed by atoms with Crippen LogP contribution in [0.4, 0.5) is 8.78 Å². The number of benzene rings is 1. The molecule has 2 aliphatic rings. The molecule has 1 aromatic carbocycles. The highest BCUT2D eigenvalue weighted by atomic mass is 19.3. The Hall–Kier alpha value is -2.77. The lowest BCUT2D eigenvalue weighted by molar-refractivity contribution is -0.116. The molecule has 0 spiro atoms. The first-order valence-electron chi connectivity index (χ1n) is 9.45. The van der Waals surface area contributed by atoms with Crippen LogP contribution >= 0.6 is 0 Å². The lowest BCUT2D eigenvalue weighted by Gasteiger charge is -2.29. The number of rotatable bonds is 3. The molecule has 148 valence electrons. The maximum Gasteiger partial charge on any atom is 0.272 e. The van der Waals surface area contributed by atoms with E-state index in [0.29, 0.717) is 12.3 Å². The summed E-state index contributed by atoms with van der Waals surface area (Å²) in [5, 5.41) is 7.09. The van der Waals surface area contributed by atoms with E-state index in [2.05, 4.69) is 20.8 Å². The minimum absolute atomic E-state index is 0.191. The van der Waals surface area contributed by atoms with Gasteiger partial charge in [0.1, 0.15) is 5.82 Å². The van der Waals surface area contributed by atoms with Crippen LogP contribution in [0.1, 0.15) is 42.6 Å². The number of carbonyl (C=O) groups excluding carboxylic acids is 1. The maximum atomic E-state index is 13.4. The van der Waals surface area contributed by atoms with Gasteiger partial charge in [-0.25, -0.2) is 13.8 Å². The molecule has 8 heteroatoms. The number of fused-ring (bicyclic) bond motifs is 1. The number of hydrazone groups is 1.